The van der Waals surface area contributed by atoms with Crippen LogP contribution < -0.4 is 16.0 Å². The van der Waals surface area contributed by atoms with Gasteiger partial charge in [-0.2, -0.15) is 5.10 Å². The summed E-state index contributed by atoms with van der Waals surface area (Å²) in [6.07, 6.45) is 7.01. The lowest BCUT2D eigenvalue weighted by atomic mass is 9.75. The van der Waals surface area contributed by atoms with E-state index in [9.17, 15) is 0 Å². The number of nitrogens with zero attached hydrogens (tertiary/aromatic N) is 2. The highest BCUT2D eigenvalue weighted by molar-refractivity contribution is 5.29. The molecule has 1 aromatic rings. The Balaban J connectivity index is 2.23. The van der Waals surface area contributed by atoms with Gasteiger partial charge < -0.3 is 9.47 Å². The molecule has 1 atom stereocenters. The summed E-state index contributed by atoms with van der Waals surface area (Å²) in [5.74, 6) is 6.58. The number of nitrogens with one attached hydrogen (secondary N) is 1. The quantitative estimate of drug-likeness (QED) is 0.561. The molecular formula is C14H26N4O2. The molecule has 0 bridgehead atoms. The Hall–Kier alpha value is -1.11. The molecule has 6 heteroatoms. The highest BCUT2D eigenvalue weighted by Gasteiger charge is 2.40. The van der Waals surface area contributed by atoms with Gasteiger partial charge in [0.15, 0.2) is 5.75 Å². The average molecular weight is 282 g/mol. The molecule has 0 radical (unpaired) electrons. The van der Waals surface area contributed by atoms with Crippen molar-refractivity contribution in [3.05, 3.63) is 11.9 Å². The van der Waals surface area contributed by atoms with E-state index in [1.807, 2.05) is 4.68 Å². The molecule has 3 N–H and O–H groups in total. The van der Waals surface area contributed by atoms with Gasteiger partial charge in [0, 0.05) is 13.7 Å². The molecule has 0 spiro atoms. The molecule has 1 unspecified atom stereocenters. The molecule has 2 rings (SSSR count). The van der Waals surface area contributed by atoms with Crippen LogP contribution in [0.1, 0.15) is 50.8 Å². The third-order valence-corrected chi connectivity index (χ3v) is 4.31. The molecule has 1 aliphatic rings. The molecule has 114 valence electrons. The van der Waals surface area contributed by atoms with Crippen LogP contribution in [0.25, 0.3) is 0 Å². The summed E-state index contributed by atoms with van der Waals surface area (Å²) in [7, 11) is 3.45. The predicted molar refractivity (Wildman–Crippen MR) is 77.3 cm³/mol. The van der Waals surface area contributed by atoms with E-state index in [1.165, 1.54) is 6.42 Å². The monoisotopic (exact) mass is 282 g/mol. The van der Waals surface area contributed by atoms with Crippen molar-refractivity contribution in [3.8, 4) is 5.75 Å². The lowest BCUT2D eigenvalue weighted by molar-refractivity contribution is -0.0844. The maximum atomic E-state index is 5.79. The second-order valence-corrected chi connectivity index (χ2v) is 5.49. The summed E-state index contributed by atoms with van der Waals surface area (Å²) in [6.45, 7) is 2.99. The summed E-state index contributed by atoms with van der Waals surface area (Å²) in [6, 6.07) is -0.0146. The van der Waals surface area contributed by atoms with Crippen LogP contribution in [0.3, 0.4) is 0 Å². The van der Waals surface area contributed by atoms with Gasteiger partial charge in [-0.15, -0.1) is 0 Å². The molecule has 1 heterocycles. The molecule has 6 nitrogen and oxygen atoms in total. The Morgan fingerprint density at radius 3 is 2.70 bits per heavy atom. The van der Waals surface area contributed by atoms with E-state index in [-0.39, 0.29) is 11.6 Å². The number of ether oxygens (including phenoxy) is 2. The van der Waals surface area contributed by atoms with Crippen molar-refractivity contribution >= 4 is 0 Å². The smallest absolute Gasteiger partial charge is 0.161 e. The first-order valence-corrected chi connectivity index (χ1v) is 7.30. The van der Waals surface area contributed by atoms with Crippen LogP contribution in [-0.2, 0) is 11.3 Å². The minimum absolute atomic E-state index is 0.0146. The highest BCUT2D eigenvalue weighted by Crippen LogP contribution is 2.42. The minimum Gasteiger partial charge on any atom is -0.493 e. The number of hydrogen-bond acceptors (Lipinski definition) is 5. The van der Waals surface area contributed by atoms with Crippen molar-refractivity contribution in [1.29, 1.82) is 0 Å². The number of aryl methyl sites for hydroxylation is 1. The summed E-state index contributed by atoms with van der Waals surface area (Å²) in [5.41, 5.74) is 3.88. The van der Waals surface area contributed by atoms with E-state index in [2.05, 4.69) is 17.4 Å². The Morgan fingerprint density at radius 1 is 1.50 bits per heavy atom. The zero-order valence-electron chi connectivity index (χ0n) is 12.7. The highest BCUT2D eigenvalue weighted by atomic mass is 16.5. The molecule has 1 saturated carbocycles. The Kier molecular flexibility index (Phi) is 5.01. The van der Waals surface area contributed by atoms with Crippen LogP contribution in [0.2, 0.25) is 0 Å². The van der Waals surface area contributed by atoms with E-state index >= 15 is 0 Å². The number of hydrogen-bond donors (Lipinski definition) is 2. The number of nitrogens with two attached hydrogens (primary N) is 1. The van der Waals surface area contributed by atoms with Gasteiger partial charge in [0.25, 0.3) is 0 Å². The molecule has 1 fully saturated rings. The van der Waals surface area contributed by atoms with E-state index in [0.717, 1.165) is 43.7 Å². The number of methoxy groups -OCH3 is 2. The lowest BCUT2D eigenvalue weighted by Crippen LogP contribution is -2.44. The van der Waals surface area contributed by atoms with E-state index < -0.39 is 0 Å². The van der Waals surface area contributed by atoms with Gasteiger partial charge in [-0.25, -0.2) is 0 Å². The van der Waals surface area contributed by atoms with Gasteiger partial charge in [0.05, 0.1) is 30.6 Å². The van der Waals surface area contributed by atoms with Crippen molar-refractivity contribution in [1.82, 2.24) is 15.2 Å². The summed E-state index contributed by atoms with van der Waals surface area (Å²) in [5, 5.41) is 4.40. The van der Waals surface area contributed by atoms with Gasteiger partial charge in [0.2, 0.25) is 0 Å². The van der Waals surface area contributed by atoms with E-state index in [0.29, 0.717) is 0 Å². The zero-order chi connectivity index (χ0) is 14.6. The van der Waals surface area contributed by atoms with Gasteiger partial charge in [-0.1, -0.05) is 6.92 Å². The van der Waals surface area contributed by atoms with Gasteiger partial charge in [0.1, 0.15) is 0 Å². The van der Waals surface area contributed by atoms with Crippen molar-refractivity contribution in [2.75, 3.05) is 14.2 Å². The maximum absolute atomic E-state index is 5.79. The van der Waals surface area contributed by atoms with Crippen LogP contribution in [0, 0.1) is 0 Å². The average Bonchev–Trinajstić information content (AvgIpc) is 2.82. The van der Waals surface area contributed by atoms with Crippen molar-refractivity contribution < 1.29 is 9.47 Å². The Bertz CT molecular complexity index is 423. The van der Waals surface area contributed by atoms with Crippen molar-refractivity contribution in [2.45, 2.75) is 57.2 Å². The second kappa shape index (κ2) is 6.56. The standard InChI is InChI=1S/C14H26N4O2/c1-4-8-18-13(12(19-2)10-16-18)11(17-15)9-14(20-3)6-5-7-14/h10-11,17H,4-9,15H2,1-3H3. The fraction of sp³-hybridized carbons (Fsp3) is 0.786. The first-order valence-electron chi connectivity index (χ1n) is 7.30. The molecule has 20 heavy (non-hydrogen) atoms. The second-order valence-electron chi connectivity index (χ2n) is 5.49. The van der Waals surface area contributed by atoms with Crippen LogP contribution in [0.15, 0.2) is 6.20 Å². The first-order chi connectivity index (χ1) is 9.69. The molecule has 0 saturated heterocycles. The molecule has 1 aliphatic carbocycles. The Labute approximate surface area is 120 Å². The number of aromatic nitrogens is 2. The topological polar surface area (TPSA) is 74.3 Å². The normalized spacial score (nSPS) is 18.6. The lowest BCUT2D eigenvalue weighted by Gasteiger charge is -2.42. The minimum atomic E-state index is -0.0522. The summed E-state index contributed by atoms with van der Waals surface area (Å²) < 4.78 is 13.1. The molecule has 0 aliphatic heterocycles. The fourth-order valence-electron chi connectivity index (χ4n) is 2.95. The number of hydrazine groups is 1. The van der Waals surface area contributed by atoms with Gasteiger partial charge >= 0.3 is 0 Å². The first kappa shape index (κ1) is 15.3. The number of rotatable bonds is 8. The largest absolute Gasteiger partial charge is 0.493 e. The fourth-order valence-corrected chi connectivity index (χ4v) is 2.95. The third-order valence-electron chi connectivity index (χ3n) is 4.31. The van der Waals surface area contributed by atoms with Crippen LogP contribution in [0.5, 0.6) is 5.75 Å². The zero-order valence-corrected chi connectivity index (χ0v) is 12.7. The predicted octanol–water partition coefficient (Wildman–Crippen LogP) is 1.77. The van der Waals surface area contributed by atoms with Crippen molar-refractivity contribution in [3.63, 3.8) is 0 Å². The molecule has 0 aromatic carbocycles. The Morgan fingerprint density at radius 2 is 2.25 bits per heavy atom. The summed E-state index contributed by atoms with van der Waals surface area (Å²) in [4.78, 5) is 0. The SMILES string of the molecule is CCCn1ncc(OC)c1C(CC1(OC)CCC1)NN. The van der Waals surface area contributed by atoms with Crippen LogP contribution in [0.4, 0.5) is 0 Å². The van der Waals surface area contributed by atoms with Gasteiger partial charge in [-0.05, 0) is 32.1 Å². The van der Waals surface area contributed by atoms with Crippen molar-refractivity contribution in [2.24, 2.45) is 5.84 Å². The maximum Gasteiger partial charge on any atom is 0.161 e. The van der Waals surface area contributed by atoms with E-state index in [1.54, 1.807) is 20.4 Å². The van der Waals surface area contributed by atoms with Crippen LogP contribution >= 0.6 is 0 Å². The molecule has 1 aromatic heterocycles. The van der Waals surface area contributed by atoms with E-state index in [4.69, 9.17) is 15.3 Å². The summed E-state index contributed by atoms with van der Waals surface area (Å²) >= 11 is 0. The van der Waals surface area contributed by atoms with Crippen LogP contribution in [-0.4, -0.2) is 29.6 Å². The third kappa shape index (κ3) is 2.82. The molecule has 0 amide bonds. The molecular weight excluding hydrogens is 256 g/mol. The van der Waals surface area contributed by atoms with Gasteiger partial charge in [-0.3, -0.25) is 16.0 Å².